The smallest absolute Gasteiger partial charge is 0.275 e. The van der Waals surface area contributed by atoms with Crippen LogP contribution in [0.15, 0.2) is 24.4 Å². The van der Waals surface area contributed by atoms with Crippen LogP contribution in [0.1, 0.15) is 47.2 Å². The fourth-order valence-corrected chi connectivity index (χ4v) is 2.18. The number of carbonyl (C=O) groups is 1. The molecule has 0 spiro atoms. The zero-order valence-electron chi connectivity index (χ0n) is 12.6. The van der Waals surface area contributed by atoms with Crippen molar-refractivity contribution >= 4 is 23.2 Å². The molecule has 0 aliphatic heterocycles. The molecule has 2 rings (SSSR count). The summed E-state index contributed by atoms with van der Waals surface area (Å²) in [6.45, 7) is 7.83. The lowest BCUT2D eigenvalue weighted by Gasteiger charge is -2.12. The summed E-state index contributed by atoms with van der Waals surface area (Å²) in [5.41, 5.74) is 3.00. The van der Waals surface area contributed by atoms with Gasteiger partial charge in [0.1, 0.15) is 5.82 Å². The van der Waals surface area contributed by atoms with E-state index in [1.807, 2.05) is 45.9 Å². The molecule has 0 bridgehead atoms. The molecule has 110 valence electrons. The molecule has 0 radical (unpaired) electrons. The summed E-state index contributed by atoms with van der Waals surface area (Å²) in [7, 11) is 0. The summed E-state index contributed by atoms with van der Waals surface area (Å²) < 4.78 is 0. The Bertz CT molecular complexity index is 663. The SMILES string of the molecule is Cc1cccc(C)c1NC(=O)c1nc(C(C)C)ncc1Cl. The van der Waals surface area contributed by atoms with E-state index in [0.29, 0.717) is 5.82 Å². The number of carbonyl (C=O) groups excluding carboxylic acids is 1. The molecule has 0 saturated carbocycles. The minimum atomic E-state index is -0.318. The van der Waals surface area contributed by atoms with Crippen molar-refractivity contribution in [2.24, 2.45) is 0 Å². The van der Waals surface area contributed by atoms with Gasteiger partial charge in [-0.3, -0.25) is 4.79 Å². The first-order valence-electron chi connectivity index (χ1n) is 6.80. The van der Waals surface area contributed by atoms with E-state index in [0.717, 1.165) is 16.8 Å². The van der Waals surface area contributed by atoms with Crippen LogP contribution in [-0.2, 0) is 0 Å². The van der Waals surface area contributed by atoms with Gasteiger partial charge in [-0.15, -0.1) is 0 Å². The number of para-hydroxylation sites is 1. The molecule has 1 aromatic carbocycles. The average Bonchev–Trinajstić information content (AvgIpc) is 2.43. The van der Waals surface area contributed by atoms with Crippen LogP contribution in [0.2, 0.25) is 5.02 Å². The van der Waals surface area contributed by atoms with Crippen LogP contribution in [0.3, 0.4) is 0 Å². The molecule has 1 aromatic heterocycles. The Morgan fingerprint density at radius 1 is 1.24 bits per heavy atom. The van der Waals surface area contributed by atoms with Crippen LogP contribution in [0.4, 0.5) is 5.69 Å². The first-order chi connectivity index (χ1) is 9.90. The Balaban J connectivity index is 2.35. The molecule has 1 heterocycles. The van der Waals surface area contributed by atoms with Gasteiger partial charge in [0.05, 0.1) is 11.2 Å². The molecule has 0 atom stereocenters. The average molecular weight is 304 g/mol. The fourth-order valence-electron chi connectivity index (χ4n) is 2.00. The molecule has 1 amide bonds. The Morgan fingerprint density at radius 2 is 1.86 bits per heavy atom. The molecule has 2 aromatic rings. The molecule has 0 fully saturated rings. The van der Waals surface area contributed by atoms with E-state index in [2.05, 4.69) is 15.3 Å². The second-order valence-electron chi connectivity index (χ2n) is 5.30. The van der Waals surface area contributed by atoms with E-state index in [1.54, 1.807) is 0 Å². The lowest BCUT2D eigenvalue weighted by molar-refractivity contribution is 0.102. The van der Waals surface area contributed by atoms with E-state index in [1.165, 1.54) is 6.20 Å². The minimum absolute atomic E-state index is 0.133. The van der Waals surface area contributed by atoms with Gasteiger partial charge in [0, 0.05) is 11.6 Å². The van der Waals surface area contributed by atoms with Gasteiger partial charge < -0.3 is 5.32 Å². The molecule has 21 heavy (non-hydrogen) atoms. The van der Waals surface area contributed by atoms with E-state index in [9.17, 15) is 4.79 Å². The van der Waals surface area contributed by atoms with Gasteiger partial charge in [0.2, 0.25) is 0 Å². The highest BCUT2D eigenvalue weighted by atomic mass is 35.5. The number of rotatable bonds is 3. The van der Waals surface area contributed by atoms with Crippen LogP contribution in [0.25, 0.3) is 0 Å². The standard InChI is InChI=1S/C16H18ClN3O/c1-9(2)15-18-8-12(17)14(19-15)16(21)20-13-10(3)6-5-7-11(13)4/h5-9H,1-4H3,(H,20,21). The van der Waals surface area contributed by atoms with E-state index in [4.69, 9.17) is 11.6 Å². The lowest BCUT2D eigenvalue weighted by atomic mass is 10.1. The van der Waals surface area contributed by atoms with E-state index in [-0.39, 0.29) is 22.5 Å². The number of halogens is 1. The van der Waals surface area contributed by atoms with Gasteiger partial charge in [-0.2, -0.15) is 0 Å². The molecule has 5 heteroatoms. The van der Waals surface area contributed by atoms with E-state index >= 15 is 0 Å². The number of amides is 1. The zero-order chi connectivity index (χ0) is 15.6. The predicted octanol–water partition coefficient (Wildman–Crippen LogP) is 4.12. The van der Waals surface area contributed by atoms with Crippen molar-refractivity contribution in [3.63, 3.8) is 0 Å². The second-order valence-corrected chi connectivity index (χ2v) is 5.71. The number of hydrogen-bond acceptors (Lipinski definition) is 3. The number of aryl methyl sites for hydroxylation is 2. The summed E-state index contributed by atoms with van der Waals surface area (Å²) in [6, 6.07) is 5.85. The molecular formula is C16H18ClN3O. The van der Waals surface area contributed by atoms with E-state index < -0.39 is 0 Å². The van der Waals surface area contributed by atoms with Crippen molar-refractivity contribution in [3.05, 3.63) is 52.1 Å². The van der Waals surface area contributed by atoms with Gasteiger partial charge in [0.15, 0.2) is 5.69 Å². The monoisotopic (exact) mass is 303 g/mol. The van der Waals surface area contributed by atoms with Gasteiger partial charge in [0.25, 0.3) is 5.91 Å². The summed E-state index contributed by atoms with van der Waals surface area (Å²) in [5.74, 6) is 0.418. The van der Waals surface area contributed by atoms with Crippen molar-refractivity contribution < 1.29 is 4.79 Å². The zero-order valence-corrected chi connectivity index (χ0v) is 13.3. The Labute approximate surface area is 129 Å². The molecule has 0 aliphatic carbocycles. The maximum atomic E-state index is 12.4. The van der Waals surface area contributed by atoms with Gasteiger partial charge in [-0.1, -0.05) is 43.6 Å². The van der Waals surface area contributed by atoms with Crippen LogP contribution in [-0.4, -0.2) is 15.9 Å². The summed E-state index contributed by atoms with van der Waals surface area (Å²) in [4.78, 5) is 20.8. The van der Waals surface area contributed by atoms with Gasteiger partial charge in [-0.25, -0.2) is 9.97 Å². The maximum Gasteiger partial charge on any atom is 0.275 e. The number of nitrogens with zero attached hydrogens (tertiary/aromatic N) is 2. The number of benzene rings is 1. The van der Waals surface area contributed by atoms with Crippen molar-refractivity contribution in [2.75, 3.05) is 5.32 Å². The molecule has 0 saturated heterocycles. The fraction of sp³-hybridized carbons (Fsp3) is 0.312. The Kier molecular flexibility index (Phi) is 4.58. The highest BCUT2D eigenvalue weighted by molar-refractivity contribution is 6.33. The normalized spacial score (nSPS) is 10.8. The number of hydrogen-bond donors (Lipinski definition) is 1. The lowest BCUT2D eigenvalue weighted by Crippen LogP contribution is -2.17. The molecule has 0 unspecified atom stereocenters. The summed E-state index contributed by atoms with van der Waals surface area (Å²) >= 11 is 6.06. The van der Waals surface area contributed by atoms with Crippen molar-refractivity contribution in [3.8, 4) is 0 Å². The highest BCUT2D eigenvalue weighted by Crippen LogP contribution is 2.22. The molecular weight excluding hydrogens is 286 g/mol. The highest BCUT2D eigenvalue weighted by Gasteiger charge is 2.17. The van der Waals surface area contributed by atoms with Crippen LogP contribution in [0, 0.1) is 13.8 Å². The Hall–Kier alpha value is -1.94. The van der Waals surface area contributed by atoms with Crippen molar-refractivity contribution in [2.45, 2.75) is 33.6 Å². The van der Waals surface area contributed by atoms with Gasteiger partial charge in [-0.05, 0) is 25.0 Å². The number of aromatic nitrogens is 2. The van der Waals surface area contributed by atoms with Crippen LogP contribution in [0.5, 0.6) is 0 Å². The largest absolute Gasteiger partial charge is 0.320 e. The number of anilines is 1. The first kappa shape index (κ1) is 15.4. The van der Waals surface area contributed by atoms with Crippen LogP contribution >= 0.6 is 11.6 Å². The quantitative estimate of drug-likeness (QED) is 0.928. The minimum Gasteiger partial charge on any atom is -0.320 e. The Morgan fingerprint density at radius 3 is 2.43 bits per heavy atom. The van der Waals surface area contributed by atoms with Crippen molar-refractivity contribution in [1.29, 1.82) is 0 Å². The predicted molar refractivity (Wildman–Crippen MR) is 85.0 cm³/mol. The summed E-state index contributed by atoms with van der Waals surface area (Å²) in [6.07, 6.45) is 1.48. The third-order valence-electron chi connectivity index (χ3n) is 3.21. The van der Waals surface area contributed by atoms with Crippen LogP contribution < -0.4 is 5.32 Å². The molecule has 0 aliphatic rings. The second kappa shape index (κ2) is 6.22. The first-order valence-corrected chi connectivity index (χ1v) is 7.18. The molecule has 4 nitrogen and oxygen atoms in total. The number of nitrogens with one attached hydrogen (secondary N) is 1. The third kappa shape index (κ3) is 3.39. The van der Waals surface area contributed by atoms with Crippen molar-refractivity contribution in [1.82, 2.24) is 9.97 Å². The molecule has 1 N–H and O–H groups in total. The summed E-state index contributed by atoms with van der Waals surface area (Å²) in [5, 5.41) is 3.14. The topological polar surface area (TPSA) is 54.9 Å². The maximum absolute atomic E-state index is 12.4. The third-order valence-corrected chi connectivity index (χ3v) is 3.49. The van der Waals surface area contributed by atoms with Gasteiger partial charge >= 0.3 is 0 Å².